The number of aromatic carboxylic acids is 1. The monoisotopic (exact) mass is 500 g/mol. The Hall–Kier alpha value is -2.35. The predicted octanol–water partition coefficient (Wildman–Crippen LogP) is -0.866. The van der Waals surface area contributed by atoms with E-state index in [-0.39, 0.29) is 11.1 Å². The van der Waals surface area contributed by atoms with Crippen molar-refractivity contribution in [1.82, 2.24) is 9.80 Å². The molecule has 8 N–H and O–H groups in total. The van der Waals surface area contributed by atoms with Crippen molar-refractivity contribution in [3.05, 3.63) is 28.8 Å². The lowest BCUT2D eigenvalue weighted by atomic mass is 10.0. The Morgan fingerprint density at radius 3 is 1.34 bits per heavy atom. The number of phenolic OH excluding ortho intramolecular Hbond substituents is 1. The van der Waals surface area contributed by atoms with Crippen LogP contribution in [0.1, 0.15) is 21.5 Å². The van der Waals surface area contributed by atoms with Crippen molar-refractivity contribution in [3.8, 4) is 5.75 Å². The van der Waals surface area contributed by atoms with Crippen LogP contribution >= 0.6 is 15.2 Å². The van der Waals surface area contributed by atoms with Gasteiger partial charge in [0, 0.05) is 24.2 Å². The molecule has 0 bridgehead atoms. The van der Waals surface area contributed by atoms with E-state index in [4.69, 9.17) is 29.8 Å². The van der Waals surface area contributed by atoms with Crippen LogP contribution in [-0.4, -0.2) is 93.4 Å². The summed E-state index contributed by atoms with van der Waals surface area (Å²) in [6.07, 6.45) is -2.04. The van der Waals surface area contributed by atoms with Gasteiger partial charge >= 0.3 is 33.1 Å². The zero-order valence-corrected chi connectivity index (χ0v) is 18.1. The minimum atomic E-state index is -4.73. The van der Waals surface area contributed by atoms with E-state index in [9.17, 15) is 33.7 Å². The lowest BCUT2D eigenvalue weighted by molar-refractivity contribution is -0.139. The summed E-state index contributed by atoms with van der Waals surface area (Å²) >= 11 is 0. The normalized spacial score (nSPS) is 12.3. The highest BCUT2D eigenvalue weighted by Crippen LogP contribution is 2.38. The van der Waals surface area contributed by atoms with Crippen LogP contribution in [0.2, 0.25) is 0 Å². The fraction of sp³-hybridized carbons (Fsp3) is 0.400. The standard InChI is InChI=1S/C15H22N2O13P2/c18-12(19)5-16(7-31(25,26)27)3-10-1-9(15(23)24)2-11(14(10)22)4-17(6-13(20)21)8-32(28,29)30/h1-2,22H,3-8H2,(H,18,19)(H,20,21)(H,23,24)(H2,25,26,27)(H2,28,29,30). The maximum absolute atomic E-state index is 11.5. The summed E-state index contributed by atoms with van der Waals surface area (Å²) in [5, 5.41) is 37.7. The van der Waals surface area contributed by atoms with Crippen LogP contribution in [0.3, 0.4) is 0 Å². The average Bonchev–Trinajstić information content (AvgIpc) is 2.53. The van der Waals surface area contributed by atoms with Gasteiger partial charge in [-0.05, 0) is 12.1 Å². The molecular weight excluding hydrogens is 478 g/mol. The van der Waals surface area contributed by atoms with Crippen molar-refractivity contribution in [2.75, 3.05) is 25.7 Å². The molecule has 15 nitrogen and oxygen atoms in total. The van der Waals surface area contributed by atoms with Gasteiger partial charge in [-0.25, -0.2) is 4.79 Å². The first-order chi connectivity index (χ1) is 14.5. The molecular formula is C15H22N2O13P2. The fourth-order valence-electron chi connectivity index (χ4n) is 2.82. The Kier molecular flexibility index (Phi) is 9.50. The highest BCUT2D eigenvalue weighted by molar-refractivity contribution is 7.51. The Morgan fingerprint density at radius 1 is 0.750 bits per heavy atom. The van der Waals surface area contributed by atoms with Crippen molar-refractivity contribution >= 4 is 33.1 Å². The van der Waals surface area contributed by atoms with Crippen molar-refractivity contribution < 1.29 is 63.5 Å². The summed E-state index contributed by atoms with van der Waals surface area (Å²) in [5.74, 6) is -5.06. The summed E-state index contributed by atoms with van der Waals surface area (Å²) in [7, 11) is -9.46. The molecule has 32 heavy (non-hydrogen) atoms. The Bertz CT molecular complexity index is 903. The quantitative estimate of drug-likeness (QED) is 0.153. The van der Waals surface area contributed by atoms with Gasteiger partial charge in [-0.3, -0.25) is 28.5 Å². The highest BCUT2D eigenvalue weighted by Gasteiger charge is 2.26. The second kappa shape index (κ2) is 11.0. The summed E-state index contributed by atoms with van der Waals surface area (Å²) < 4.78 is 22.6. The number of nitrogens with zero attached hydrogens (tertiary/aromatic N) is 2. The second-order valence-electron chi connectivity index (χ2n) is 6.82. The van der Waals surface area contributed by atoms with Crippen LogP contribution in [0.15, 0.2) is 12.1 Å². The molecule has 0 spiro atoms. The van der Waals surface area contributed by atoms with E-state index in [2.05, 4.69) is 0 Å². The molecule has 180 valence electrons. The van der Waals surface area contributed by atoms with Crippen LogP contribution in [0.4, 0.5) is 0 Å². The number of aliphatic carboxylic acids is 2. The van der Waals surface area contributed by atoms with Crippen LogP contribution in [0, 0.1) is 0 Å². The molecule has 0 aliphatic carbocycles. The third kappa shape index (κ3) is 10.3. The van der Waals surface area contributed by atoms with Crippen LogP contribution < -0.4 is 0 Å². The molecule has 1 rings (SSSR count). The third-order valence-corrected chi connectivity index (χ3v) is 5.33. The fourth-order valence-corrected chi connectivity index (χ4v) is 4.26. The first kappa shape index (κ1) is 27.7. The number of benzene rings is 1. The first-order valence-electron chi connectivity index (χ1n) is 8.52. The van der Waals surface area contributed by atoms with Gasteiger partial charge < -0.3 is 40.0 Å². The third-order valence-electron chi connectivity index (χ3n) is 3.79. The second-order valence-corrected chi connectivity index (χ2v) is 10.0. The molecule has 0 amide bonds. The number of aromatic hydroxyl groups is 1. The number of hydrogen-bond donors (Lipinski definition) is 8. The highest BCUT2D eigenvalue weighted by atomic mass is 31.2. The minimum Gasteiger partial charge on any atom is -0.507 e. The van der Waals surface area contributed by atoms with Crippen molar-refractivity contribution in [1.29, 1.82) is 0 Å². The number of carboxylic acids is 3. The molecule has 0 aromatic heterocycles. The molecule has 0 saturated carbocycles. The van der Waals surface area contributed by atoms with E-state index in [1.807, 2.05) is 0 Å². The lowest BCUT2D eigenvalue weighted by Crippen LogP contribution is -2.31. The van der Waals surface area contributed by atoms with E-state index in [1.165, 1.54) is 0 Å². The molecule has 0 fully saturated rings. The molecule has 0 unspecified atom stereocenters. The van der Waals surface area contributed by atoms with Gasteiger partial charge in [0.05, 0.1) is 18.7 Å². The average molecular weight is 500 g/mol. The Morgan fingerprint density at radius 2 is 1.09 bits per heavy atom. The topological polar surface area (TPSA) is 254 Å². The molecule has 0 radical (unpaired) electrons. The van der Waals surface area contributed by atoms with E-state index < -0.39 is 83.2 Å². The van der Waals surface area contributed by atoms with Gasteiger partial charge in [-0.1, -0.05) is 0 Å². The summed E-state index contributed by atoms with van der Waals surface area (Å²) in [6, 6.07) is 1.86. The Balaban J connectivity index is 3.41. The van der Waals surface area contributed by atoms with Gasteiger partial charge in [-0.2, -0.15) is 0 Å². The van der Waals surface area contributed by atoms with Gasteiger partial charge in [0.25, 0.3) is 0 Å². The van der Waals surface area contributed by atoms with E-state index >= 15 is 0 Å². The van der Waals surface area contributed by atoms with Crippen LogP contribution in [0.5, 0.6) is 5.75 Å². The van der Waals surface area contributed by atoms with Gasteiger partial charge in [0.2, 0.25) is 0 Å². The summed E-state index contributed by atoms with van der Waals surface area (Å²) in [6.45, 7) is -2.93. The van der Waals surface area contributed by atoms with Crippen molar-refractivity contribution in [3.63, 3.8) is 0 Å². The molecule has 1 aromatic carbocycles. The number of carboxylic acid groups (broad SMARTS) is 3. The number of phenols is 1. The Labute approximate surface area is 180 Å². The maximum Gasteiger partial charge on any atom is 0.339 e. The minimum absolute atomic E-state index is 0.249. The van der Waals surface area contributed by atoms with Crippen molar-refractivity contribution in [2.24, 2.45) is 0 Å². The predicted molar refractivity (Wildman–Crippen MR) is 105 cm³/mol. The van der Waals surface area contributed by atoms with E-state index in [0.29, 0.717) is 0 Å². The molecule has 1 aromatic rings. The first-order valence-corrected chi connectivity index (χ1v) is 12.1. The smallest absolute Gasteiger partial charge is 0.339 e. The molecule has 0 aliphatic heterocycles. The zero-order valence-electron chi connectivity index (χ0n) is 16.3. The molecule has 0 heterocycles. The van der Waals surface area contributed by atoms with Crippen LogP contribution in [-0.2, 0) is 31.8 Å². The van der Waals surface area contributed by atoms with Gasteiger partial charge in [0.1, 0.15) is 18.3 Å². The zero-order chi connectivity index (χ0) is 24.9. The van der Waals surface area contributed by atoms with E-state index in [1.54, 1.807) is 0 Å². The number of rotatable bonds is 13. The molecule has 17 heteroatoms. The van der Waals surface area contributed by atoms with Crippen molar-refractivity contribution in [2.45, 2.75) is 13.1 Å². The molecule has 0 atom stereocenters. The van der Waals surface area contributed by atoms with E-state index in [0.717, 1.165) is 21.9 Å². The number of carbonyl (C=O) groups is 3. The van der Waals surface area contributed by atoms with Gasteiger partial charge in [0.15, 0.2) is 0 Å². The lowest BCUT2D eigenvalue weighted by Gasteiger charge is -2.24. The molecule has 0 aliphatic rings. The van der Waals surface area contributed by atoms with Gasteiger partial charge in [-0.15, -0.1) is 0 Å². The van der Waals surface area contributed by atoms with Crippen LogP contribution in [0.25, 0.3) is 0 Å². The summed E-state index contributed by atoms with van der Waals surface area (Å²) in [5.41, 5.74) is -0.937. The largest absolute Gasteiger partial charge is 0.507 e. The number of hydrogen-bond acceptors (Lipinski definition) is 8. The summed E-state index contributed by atoms with van der Waals surface area (Å²) in [4.78, 5) is 71.5. The SMILES string of the molecule is O=C(O)CN(Cc1cc(C(=O)O)cc(CN(CC(=O)O)CP(=O)(O)O)c1O)CP(=O)(O)O. The molecule has 0 saturated heterocycles. The maximum atomic E-state index is 11.5.